The van der Waals surface area contributed by atoms with Crippen molar-refractivity contribution in [2.45, 2.75) is 18.1 Å². The fourth-order valence-electron chi connectivity index (χ4n) is 1.23. The molecule has 0 aliphatic carbocycles. The first-order chi connectivity index (χ1) is 7.58. The standard InChI is InChI=1S/C11H9ClO3S/c1-6-2-4-7(5-3-6)16-9-8(12)10(13)15-11(9)14/h2-5,10,13H,1H3. The Morgan fingerprint density at radius 2 is 2.00 bits per heavy atom. The number of halogens is 1. The van der Waals surface area contributed by atoms with Crippen molar-refractivity contribution in [1.29, 1.82) is 0 Å². The Balaban J connectivity index is 2.22. The van der Waals surface area contributed by atoms with Crippen molar-refractivity contribution in [2.75, 3.05) is 0 Å². The van der Waals surface area contributed by atoms with Gasteiger partial charge in [-0.15, -0.1) is 0 Å². The van der Waals surface area contributed by atoms with Crippen molar-refractivity contribution >= 4 is 29.3 Å². The Morgan fingerprint density at radius 1 is 1.38 bits per heavy atom. The molecule has 1 N–H and O–H groups in total. The van der Waals surface area contributed by atoms with E-state index in [1.807, 2.05) is 31.2 Å². The fourth-order valence-corrected chi connectivity index (χ4v) is 2.31. The number of thioether (sulfide) groups is 1. The average molecular weight is 257 g/mol. The summed E-state index contributed by atoms with van der Waals surface area (Å²) in [5.41, 5.74) is 1.14. The second-order valence-electron chi connectivity index (χ2n) is 3.35. The quantitative estimate of drug-likeness (QED) is 0.826. The molecular formula is C11H9ClO3S. The van der Waals surface area contributed by atoms with Crippen molar-refractivity contribution in [3.8, 4) is 0 Å². The molecule has 1 unspecified atom stereocenters. The third-order valence-corrected chi connectivity index (χ3v) is 3.66. The molecule has 5 heteroatoms. The molecule has 0 amide bonds. The van der Waals surface area contributed by atoms with Crippen molar-refractivity contribution in [3.05, 3.63) is 39.8 Å². The zero-order chi connectivity index (χ0) is 11.7. The molecule has 0 spiro atoms. The van der Waals surface area contributed by atoms with Gasteiger partial charge in [-0.3, -0.25) is 0 Å². The normalized spacial score (nSPS) is 20.2. The highest BCUT2D eigenvalue weighted by atomic mass is 35.5. The number of hydrogen-bond acceptors (Lipinski definition) is 4. The Bertz CT molecular complexity index is 453. The van der Waals surface area contributed by atoms with Gasteiger partial charge in [-0.2, -0.15) is 0 Å². The Kier molecular flexibility index (Phi) is 3.23. The average Bonchev–Trinajstić information content (AvgIpc) is 2.48. The largest absolute Gasteiger partial charge is 0.426 e. The molecule has 2 rings (SSSR count). The first kappa shape index (κ1) is 11.5. The Morgan fingerprint density at radius 3 is 2.50 bits per heavy atom. The minimum absolute atomic E-state index is 0.0515. The molecule has 0 radical (unpaired) electrons. The molecule has 3 nitrogen and oxygen atoms in total. The zero-order valence-corrected chi connectivity index (χ0v) is 10.0. The van der Waals surface area contributed by atoms with E-state index >= 15 is 0 Å². The van der Waals surface area contributed by atoms with Crippen LogP contribution in [0.1, 0.15) is 5.56 Å². The number of cyclic esters (lactones) is 1. The predicted molar refractivity (Wildman–Crippen MR) is 62.0 cm³/mol. The second-order valence-corrected chi connectivity index (χ2v) is 4.84. The third kappa shape index (κ3) is 2.24. The van der Waals surface area contributed by atoms with Crippen LogP contribution in [0.2, 0.25) is 0 Å². The van der Waals surface area contributed by atoms with E-state index in [2.05, 4.69) is 4.74 Å². The van der Waals surface area contributed by atoms with Crippen LogP contribution < -0.4 is 0 Å². The summed E-state index contributed by atoms with van der Waals surface area (Å²) in [4.78, 5) is 12.4. The van der Waals surface area contributed by atoms with Crippen molar-refractivity contribution in [1.82, 2.24) is 0 Å². The fraction of sp³-hybridized carbons (Fsp3) is 0.182. The number of hydrogen-bond donors (Lipinski definition) is 1. The summed E-state index contributed by atoms with van der Waals surface area (Å²) >= 11 is 6.96. The van der Waals surface area contributed by atoms with Crippen LogP contribution in [-0.2, 0) is 9.53 Å². The molecule has 1 aliphatic heterocycles. The summed E-state index contributed by atoms with van der Waals surface area (Å²) in [5.74, 6) is -0.580. The SMILES string of the molecule is Cc1ccc(SC2=C(Cl)C(O)OC2=O)cc1. The predicted octanol–water partition coefficient (Wildman–Crippen LogP) is 2.41. The zero-order valence-electron chi connectivity index (χ0n) is 8.44. The van der Waals surface area contributed by atoms with E-state index in [1.165, 1.54) is 11.8 Å². The van der Waals surface area contributed by atoms with Gasteiger partial charge in [0, 0.05) is 4.90 Å². The maximum absolute atomic E-state index is 11.3. The number of rotatable bonds is 2. The number of carbonyl (C=O) groups is 1. The van der Waals surface area contributed by atoms with E-state index in [4.69, 9.17) is 11.6 Å². The van der Waals surface area contributed by atoms with Crippen LogP contribution in [0.15, 0.2) is 39.1 Å². The molecule has 0 saturated carbocycles. The van der Waals surface area contributed by atoms with E-state index in [-0.39, 0.29) is 9.94 Å². The van der Waals surface area contributed by atoms with Gasteiger partial charge in [0.2, 0.25) is 6.29 Å². The molecule has 0 saturated heterocycles. The molecule has 1 aliphatic rings. The summed E-state index contributed by atoms with van der Waals surface area (Å²) in [7, 11) is 0. The molecule has 1 heterocycles. The van der Waals surface area contributed by atoms with Gasteiger partial charge in [0.05, 0.1) is 0 Å². The highest BCUT2D eigenvalue weighted by molar-refractivity contribution is 8.04. The molecular weight excluding hydrogens is 248 g/mol. The first-order valence-electron chi connectivity index (χ1n) is 4.61. The van der Waals surface area contributed by atoms with Crippen molar-refractivity contribution in [2.24, 2.45) is 0 Å². The first-order valence-corrected chi connectivity index (χ1v) is 5.80. The summed E-state index contributed by atoms with van der Waals surface area (Å²) in [6, 6.07) is 7.64. The van der Waals surface area contributed by atoms with Gasteiger partial charge in [-0.1, -0.05) is 41.1 Å². The maximum Gasteiger partial charge on any atom is 0.349 e. The second kappa shape index (κ2) is 4.49. The van der Waals surface area contributed by atoms with Crippen molar-refractivity contribution < 1.29 is 14.6 Å². The van der Waals surface area contributed by atoms with E-state index in [1.54, 1.807) is 0 Å². The molecule has 0 bridgehead atoms. The summed E-state index contributed by atoms with van der Waals surface area (Å²) < 4.78 is 4.57. The van der Waals surface area contributed by atoms with Crippen LogP contribution in [0.4, 0.5) is 0 Å². The monoisotopic (exact) mass is 256 g/mol. The summed E-state index contributed by atoms with van der Waals surface area (Å²) in [6.07, 6.45) is -1.32. The number of aryl methyl sites for hydroxylation is 1. The highest BCUT2D eigenvalue weighted by Gasteiger charge is 2.32. The van der Waals surface area contributed by atoms with Crippen LogP contribution in [0, 0.1) is 6.92 Å². The van der Waals surface area contributed by atoms with Crippen LogP contribution in [0.5, 0.6) is 0 Å². The maximum atomic E-state index is 11.3. The van der Waals surface area contributed by atoms with Gasteiger partial charge in [-0.25, -0.2) is 4.79 Å². The number of benzene rings is 1. The topological polar surface area (TPSA) is 46.5 Å². The highest BCUT2D eigenvalue weighted by Crippen LogP contribution is 2.37. The van der Waals surface area contributed by atoms with E-state index in [9.17, 15) is 9.90 Å². The summed E-state index contributed by atoms with van der Waals surface area (Å²) in [6.45, 7) is 1.98. The lowest BCUT2D eigenvalue weighted by Crippen LogP contribution is -2.07. The Labute approximate surface area is 102 Å². The van der Waals surface area contributed by atoms with Gasteiger partial charge in [0.25, 0.3) is 0 Å². The number of aliphatic hydroxyl groups is 1. The van der Waals surface area contributed by atoms with Gasteiger partial charge in [0.1, 0.15) is 9.94 Å². The molecule has 1 aromatic rings. The van der Waals surface area contributed by atoms with Gasteiger partial charge >= 0.3 is 5.97 Å². The minimum Gasteiger partial charge on any atom is -0.426 e. The molecule has 16 heavy (non-hydrogen) atoms. The minimum atomic E-state index is -1.32. The van der Waals surface area contributed by atoms with Crippen LogP contribution in [-0.4, -0.2) is 17.4 Å². The van der Waals surface area contributed by atoms with Crippen LogP contribution >= 0.6 is 23.4 Å². The molecule has 1 atom stereocenters. The van der Waals surface area contributed by atoms with Gasteiger partial charge in [-0.05, 0) is 19.1 Å². The van der Waals surface area contributed by atoms with E-state index in [0.717, 1.165) is 10.5 Å². The lowest BCUT2D eigenvalue weighted by atomic mass is 10.2. The van der Waals surface area contributed by atoms with Crippen LogP contribution in [0.3, 0.4) is 0 Å². The third-order valence-electron chi connectivity index (χ3n) is 2.08. The van der Waals surface area contributed by atoms with E-state index in [0.29, 0.717) is 0 Å². The molecule has 1 aromatic carbocycles. The Hall–Kier alpha value is -0.970. The smallest absolute Gasteiger partial charge is 0.349 e. The number of esters is 1. The van der Waals surface area contributed by atoms with Gasteiger partial charge < -0.3 is 9.84 Å². The van der Waals surface area contributed by atoms with Crippen LogP contribution in [0.25, 0.3) is 0 Å². The van der Waals surface area contributed by atoms with Crippen molar-refractivity contribution in [3.63, 3.8) is 0 Å². The molecule has 0 fully saturated rings. The lowest BCUT2D eigenvalue weighted by molar-refractivity contribution is -0.150. The molecule has 84 valence electrons. The van der Waals surface area contributed by atoms with Gasteiger partial charge in [0.15, 0.2) is 0 Å². The lowest BCUT2D eigenvalue weighted by Gasteiger charge is -2.00. The number of aliphatic hydroxyl groups excluding tert-OH is 1. The summed E-state index contributed by atoms with van der Waals surface area (Å²) in [5, 5.41) is 9.27. The number of carbonyl (C=O) groups excluding carboxylic acids is 1. The molecule has 0 aromatic heterocycles. The number of ether oxygens (including phenoxy) is 1. The van der Waals surface area contributed by atoms with E-state index < -0.39 is 12.3 Å².